The van der Waals surface area contributed by atoms with Crippen molar-refractivity contribution in [2.75, 3.05) is 30.4 Å². The van der Waals surface area contributed by atoms with Crippen molar-refractivity contribution in [1.29, 1.82) is 0 Å². The average molecular weight is 354 g/mol. The van der Waals surface area contributed by atoms with Gasteiger partial charge in [-0.3, -0.25) is 14.6 Å². The van der Waals surface area contributed by atoms with Crippen molar-refractivity contribution in [2.24, 2.45) is 0 Å². The first-order valence-electron chi connectivity index (χ1n) is 8.48. The predicted octanol–water partition coefficient (Wildman–Crippen LogP) is 2.55. The molecule has 0 unspecified atom stereocenters. The molecule has 1 fully saturated rings. The molecular formula is C19H19FN4O2. The van der Waals surface area contributed by atoms with Crippen LogP contribution in [-0.4, -0.2) is 37.0 Å². The van der Waals surface area contributed by atoms with E-state index in [9.17, 15) is 14.0 Å². The maximum atomic E-state index is 14.2. The number of anilines is 2. The molecule has 26 heavy (non-hydrogen) atoms. The summed E-state index contributed by atoms with van der Waals surface area (Å²) >= 11 is 0. The van der Waals surface area contributed by atoms with Gasteiger partial charge in [-0.25, -0.2) is 9.18 Å². The summed E-state index contributed by atoms with van der Waals surface area (Å²) in [4.78, 5) is 28.0. The third-order valence-electron chi connectivity index (χ3n) is 4.71. The van der Waals surface area contributed by atoms with Crippen molar-refractivity contribution < 1.29 is 14.0 Å². The van der Waals surface area contributed by atoms with Crippen LogP contribution in [0.15, 0.2) is 36.4 Å². The second kappa shape index (κ2) is 6.42. The van der Waals surface area contributed by atoms with Gasteiger partial charge in [0.15, 0.2) is 0 Å². The molecule has 2 aliphatic heterocycles. The van der Waals surface area contributed by atoms with E-state index in [0.29, 0.717) is 24.5 Å². The van der Waals surface area contributed by atoms with Gasteiger partial charge in [0.2, 0.25) is 0 Å². The van der Waals surface area contributed by atoms with E-state index in [1.807, 2.05) is 25.2 Å². The van der Waals surface area contributed by atoms with Crippen LogP contribution in [0, 0.1) is 5.82 Å². The van der Waals surface area contributed by atoms with Gasteiger partial charge >= 0.3 is 6.03 Å². The number of halogens is 1. The van der Waals surface area contributed by atoms with E-state index < -0.39 is 11.7 Å². The first-order valence-corrected chi connectivity index (χ1v) is 8.48. The molecule has 0 aliphatic carbocycles. The Morgan fingerprint density at radius 1 is 1.15 bits per heavy atom. The third kappa shape index (κ3) is 3.01. The minimum Gasteiger partial charge on any atom is -0.336 e. The topological polar surface area (TPSA) is 64.7 Å². The molecule has 4 rings (SSSR count). The van der Waals surface area contributed by atoms with Gasteiger partial charge in [-0.1, -0.05) is 6.07 Å². The Morgan fingerprint density at radius 2 is 1.96 bits per heavy atom. The molecule has 3 amide bonds. The van der Waals surface area contributed by atoms with E-state index >= 15 is 0 Å². The minimum atomic E-state index is -0.619. The highest BCUT2D eigenvalue weighted by Gasteiger charge is 2.23. The van der Waals surface area contributed by atoms with Crippen LogP contribution in [-0.2, 0) is 13.1 Å². The van der Waals surface area contributed by atoms with E-state index in [2.05, 4.69) is 15.5 Å². The molecular weight excluding hydrogens is 335 g/mol. The Labute approximate surface area is 150 Å². The van der Waals surface area contributed by atoms with Crippen LogP contribution >= 0.6 is 0 Å². The highest BCUT2D eigenvalue weighted by Crippen LogP contribution is 2.26. The number of carbonyl (C=O) groups excluding carboxylic acids is 2. The first kappa shape index (κ1) is 16.5. The molecule has 0 atom stereocenters. The zero-order valence-corrected chi connectivity index (χ0v) is 14.4. The Morgan fingerprint density at radius 3 is 2.73 bits per heavy atom. The fourth-order valence-corrected chi connectivity index (χ4v) is 3.41. The number of carbonyl (C=O) groups is 2. The van der Waals surface area contributed by atoms with Crippen molar-refractivity contribution in [2.45, 2.75) is 13.1 Å². The molecule has 7 heteroatoms. The fraction of sp³-hybridized carbons (Fsp3) is 0.263. The van der Waals surface area contributed by atoms with Crippen LogP contribution < -0.4 is 15.5 Å². The lowest BCUT2D eigenvalue weighted by atomic mass is 10.1. The molecule has 134 valence electrons. The van der Waals surface area contributed by atoms with E-state index in [-0.39, 0.29) is 11.6 Å². The number of hydrogen-bond donors (Lipinski definition) is 2. The number of fused-ring (bicyclic) bond motifs is 1. The molecule has 2 heterocycles. The predicted molar refractivity (Wildman–Crippen MR) is 96.7 cm³/mol. The molecule has 1 saturated heterocycles. The maximum absolute atomic E-state index is 14.2. The fourth-order valence-electron chi connectivity index (χ4n) is 3.41. The molecule has 2 aliphatic rings. The summed E-state index contributed by atoms with van der Waals surface area (Å²) in [7, 11) is 2.04. The van der Waals surface area contributed by atoms with Crippen molar-refractivity contribution in [3.8, 4) is 0 Å². The van der Waals surface area contributed by atoms with Crippen molar-refractivity contribution in [3.63, 3.8) is 0 Å². The Bertz CT molecular complexity index is 899. The summed E-state index contributed by atoms with van der Waals surface area (Å²) in [6, 6.07) is 9.62. The number of urea groups is 1. The average Bonchev–Trinajstić information content (AvgIpc) is 3.19. The van der Waals surface area contributed by atoms with Gasteiger partial charge in [0.1, 0.15) is 5.82 Å². The van der Waals surface area contributed by atoms with Crippen LogP contribution in [0.2, 0.25) is 0 Å². The van der Waals surface area contributed by atoms with Gasteiger partial charge in [-0.05, 0) is 48.5 Å². The lowest BCUT2D eigenvalue weighted by Crippen LogP contribution is -2.28. The summed E-state index contributed by atoms with van der Waals surface area (Å²) in [6.45, 7) is 2.73. The van der Waals surface area contributed by atoms with Gasteiger partial charge in [0.25, 0.3) is 5.91 Å². The number of benzene rings is 2. The molecule has 6 nitrogen and oxygen atoms in total. The zero-order valence-electron chi connectivity index (χ0n) is 14.4. The molecule has 0 spiro atoms. The van der Waals surface area contributed by atoms with Gasteiger partial charge < -0.3 is 10.6 Å². The van der Waals surface area contributed by atoms with Crippen LogP contribution in [0.3, 0.4) is 0 Å². The number of rotatable bonds is 3. The number of hydrogen-bond acceptors (Lipinski definition) is 3. The van der Waals surface area contributed by atoms with E-state index in [1.54, 1.807) is 0 Å². The number of amides is 3. The zero-order chi connectivity index (χ0) is 18.3. The lowest BCUT2D eigenvalue weighted by Gasteiger charge is -2.16. The second-order valence-electron chi connectivity index (χ2n) is 6.66. The van der Waals surface area contributed by atoms with Gasteiger partial charge in [0.05, 0.1) is 5.56 Å². The number of nitrogens with one attached hydrogen (secondary N) is 2. The summed E-state index contributed by atoms with van der Waals surface area (Å²) in [6.07, 6.45) is 0. The quantitative estimate of drug-likeness (QED) is 0.890. The summed E-state index contributed by atoms with van der Waals surface area (Å²) in [5, 5.41) is 5.44. The van der Waals surface area contributed by atoms with Gasteiger partial charge in [0, 0.05) is 37.6 Å². The largest absolute Gasteiger partial charge is 0.336 e. The second-order valence-corrected chi connectivity index (χ2v) is 6.66. The minimum absolute atomic E-state index is 0.0835. The molecule has 2 N–H and O–H groups in total. The Hall–Kier alpha value is -2.93. The molecule has 0 aromatic heterocycles. The molecule has 0 radical (unpaired) electrons. The highest BCUT2D eigenvalue weighted by molar-refractivity contribution is 6.06. The highest BCUT2D eigenvalue weighted by atomic mass is 19.1. The maximum Gasteiger partial charge on any atom is 0.321 e. The van der Waals surface area contributed by atoms with E-state index in [1.165, 1.54) is 28.7 Å². The van der Waals surface area contributed by atoms with Crippen LogP contribution in [0.4, 0.5) is 20.6 Å². The molecule has 2 aromatic carbocycles. The SMILES string of the molecule is CN1Cc2ccc(NC(=O)c3cc(N4CCNC4=O)ccc3F)cc2C1. The monoisotopic (exact) mass is 354 g/mol. The van der Waals surface area contributed by atoms with Crippen LogP contribution in [0.1, 0.15) is 21.5 Å². The molecule has 0 bridgehead atoms. The summed E-state index contributed by atoms with van der Waals surface area (Å²) in [5.74, 6) is -1.15. The summed E-state index contributed by atoms with van der Waals surface area (Å²) in [5.41, 5.74) is 3.45. The Kier molecular flexibility index (Phi) is 4.08. The van der Waals surface area contributed by atoms with Crippen molar-refractivity contribution >= 4 is 23.3 Å². The summed E-state index contributed by atoms with van der Waals surface area (Å²) < 4.78 is 14.2. The van der Waals surface area contributed by atoms with Gasteiger partial charge in [-0.15, -0.1) is 0 Å². The van der Waals surface area contributed by atoms with Gasteiger partial charge in [-0.2, -0.15) is 0 Å². The lowest BCUT2D eigenvalue weighted by molar-refractivity contribution is 0.102. The van der Waals surface area contributed by atoms with Crippen LogP contribution in [0.25, 0.3) is 0 Å². The molecule has 0 saturated carbocycles. The van der Waals surface area contributed by atoms with E-state index in [4.69, 9.17) is 0 Å². The Balaban J connectivity index is 1.57. The van der Waals surface area contributed by atoms with Crippen molar-refractivity contribution in [3.05, 3.63) is 58.9 Å². The normalized spacial score (nSPS) is 16.5. The number of nitrogens with zero attached hydrogens (tertiary/aromatic N) is 2. The smallest absolute Gasteiger partial charge is 0.321 e. The van der Waals surface area contributed by atoms with Crippen molar-refractivity contribution in [1.82, 2.24) is 10.2 Å². The first-order chi connectivity index (χ1) is 12.5. The van der Waals surface area contributed by atoms with Crippen LogP contribution in [0.5, 0.6) is 0 Å². The third-order valence-corrected chi connectivity index (χ3v) is 4.71. The molecule has 2 aromatic rings. The van der Waals surface area contributed by atoms with E-state index in [0.717, 1.165) is 18.7 Å². The standard InChI is InChI=1S/C19H19FN4O2/c1-23-10-12-2-3-14(8-13(12)11-23)22-18(25)16-9-15(4-5-17(16)20)24-7-6-21-19(24)26/h2-5,8-9H,6-7,10-11H2,1H3,(H,21,26)(H,22,25).